The Hall–Kier alpha value is -3.86. The zero-order valence-electron chi connectivity index (χ0n) is 22.4. The van der Waals surface area contributed by atoms with Crippen LogP contribution in [0.4, 0.5) is 10.5 Å². The molecule has 0 aliphatic carbocycles. The Balaban J connectivity index is 1.37. The standard InChI is InChI=1S/C29H35N7O3/c1-34-12-9-22(17-34)20-38-28-25(15-31)27(24-8-11-32-16-26(24)33-28)35-13-14-36(23(18-35)7-10-30)29(37)39-19-21-5-3-2-4-6-21/h2-6,22-23,32H,7-9,11-14,16-20H2,1H3/t22-,23+/m1/s1. The Labute approximate surface area is 229 Å². The first-order valence-corrected chi connectivity index (χ1v) is 13.6. The molecule has 2 aromatic rings. The largest absolute Gasteiger partial charge is 0.476 e. The maximum Gasteiger partial charge on any atom is 0.410 e. The molecule has 0 saturated carbocycles. The first kappa shape index (κ1) is 26.7. The van der Waals surface area contributed by atoms with E-state index in [-0.39, 0.29) is 19.1 Å². The fourth-order valence-corrected chi connectivity index (χ4v) is 5.76. The minimum absolute atomic E-state index is 0.173. The summed E-state index contributed by atoms with van der Waals surface area (Å²) in [7, 11) is 2.11. The van der Waals surface area contributed by atoms with Crippen molar-refractivity contribution in [3.63, 3.8) is 0 Å². The van der Waals surface area contributed by atoms with Crippen LogP contribution in [-0.2, 0) is 24.3 Å². The van der Waals surface area contributed by atoms with Crippen molar-refractivity contribution >= 4 is 11.8 Å². The van der Waals surface area contributed by atoms with Gasteiger partial charge in [-0.05, 0) is 38.5 Å². The second kappa shape index (κ2) is 12.3. The lowest BCUT2D eigenvalue weighted by molar-refractivity contribution is 0.0768. The van der Waals surface area contributed by atoms with Gasteiger partial charge in [0.25, 0.3) is 0 Å². The van der Waals surface area contributed by atoms with Gasteiger partial charge in [-0.2, -0.15) is 10.5 Å². The number of carbonyl (C=O) groups is 1. The molecule has 204 valence electrons. The Kier molecular flexibility index (Phi) is 8.45. The molecular formula is C29H35N7O3. The zero-order chi connectivity index (χ0) is 27.2. The number of fused-ring (bicyclic) bond motifs is 1. The number of amides is 1. The third-order valence-electron chi connectivity index (χ3n) is 7.79. The summed E-state index contributed by atoms with van der Waals surface area (Å²) in [6.07, 6.45) is 1.57. The number of nitrogens with zero attached hydrogens (tertiary/aromatic N) is 6. The van der Waals surface area contributed by atoms with E-state index in [1.807, 2.05) is 30.3 Å². The lowest BCUT2D eigenvalue weighted by atomic mass is 9.98. The van der Waals surface area contributed by atoms with E-state index in [1.54, 1.807) is 4.90 Å². The predicted molar refractivity (Wildman–Crippen MR) is 145 cm³/mol. The molecule has 1 aromatic carbocycles. The average Bonchev–Trinajstić information content (AvgIpc) is 3.39. The van der Waals surface area contributed by atoms with Crippen molar-refractivity contribution < 1.29 is 14.3 Å². The van der Waals surface area contributed by atoms with Crippen LogP contribution in [0.1, 0.15) is 35.2 Å². The van der Waals surface area contributed by atoms with Crippen molar-refractivity contribution in [1.82, 2.24) is 20.1 Å². The molecule has 3 aliphatic heterocycles. The zero-order valence-corrected chi connectivity index (χ0v) is 22.4. The molecule has 0 spiro atoms. The topological polar surface area (TPSA) is 118 Å². The maximum atomic E-state index is 13.0. The highest BCUT2D eigenvalue weighted by atomic mass is 16.6. The van der Waals surface area contributed by atoms with E-state index in [9.17, 15) is 15.3 Å². The molecule has 39 heavy (non-hydrogen) atoms. The summed E-state index contributed by atoms with van der Waals surface area (Å²) >= 11 is 0. The highest BCUT2D eigenvalue weighted by Crippen LogP contribution is 2.36. The fraction of sp³-hybridized carbons (Fsp3) is 0.517. The highest BCUT2D eigenvalue weighted by Gasteiger charge is 2.35. The van der Waals surface area contributed by atoms with Crippen LogP contribution in [0.5, 0.6) is 5.88 Å². The van der Waals surface area contributed by atoms with Crippen LogP contribution in [0.25, 0.3) is 0 Å². The first-order valence-electron chi connectivity index (χ1n) is 13.6. The number of rotatable bonds is 7. The van der Waals surface area contributed by atoms with Crippen LogP contribution in [0.15, 0.2) is 30.3 Å². The molecule has 1 aromatic heterocycles. The molecule has 2 atom stereocenters. The van der Waals surface area contributed by atoms with Gasteiger partial charge >= 0.3 is 6.09 Å². The van der Waals surface area contributed by atoms with E-state index in [4.69, 9.17) is 14.5 Å². The van der Waals surface area contributed by atoms with E-state index >= 15 is 0 Å². The number of benzene rings is 1. The summed E-state index contributed by atoms with van der Waals surface area (Å²) in [6.45, 7) is 5.48. The molecule has 0 unspecified atom stereocenters. The van der Waals surface area contributed by atoms with Crippen LogP contribution in [0, 0.1) is 28.6 Å². The lowest BCUT2D eigenvalue weighted by Gasteiger charge is -2.42. The molecule has 5 rings (SSSR count). The number of piperazine rings is 1. The summed E-state index contributed by atoms with van der Waals surface area (Å²) in [5, 5.41) is 23.2. The Morgan fingerprint density at radius 1 is 1.18 bits per heavy atom. The number of hydrogen-bond acceptors (Lipinski definition) is 9. The molecule has 10 heteroatoms. The predicted octanol–water partition coefficient (Wildman–Crippen LogP) is 2.67. The molecular weight excluding hydrogens is 494 g/mol. The number of hydrogen-bond donors (Lipinski definition) is 1. The van der Waals surface area contributed by atoms with Crippen LogP contribution in [-0.4, -0.2) is 79.8 Å². The summed E-state index contributed by atoms with van der Waals surface area (Å²) < 4.78 is 11.8. The van der Waals surface area contributed by atoms with Gasteiger partial charge < -0.3 is 29.5 Å². The third kappa shape index (κ3) is 6.08. The van der Waals surface area contributed by atoms with Crippen LogP contribution in [0.3, 0.4) is 0 Å². The van der Waals surface area contributed by atoms with Crippen LogP contribution in [0.2, 0.25) is 0 Å². The molecule has 0 radical (unpaired) electrons. The van der Waals surface area contributed by atoms with Gasteiger partial charge in [0.05, 0.1) is 36.5 Å². The van der Waals surface area contributed by atoms with Crippen molar-refractivity contribution in [3.8, 4) is 18.0 Å². The normalized spacial score (nSPS) is 21.1. The van der Waals surface area contributed by atoms with Gasteiger partial charge in [-0.3, -0.25) is 0 Å². The SMILES string of the molecule is CN1CC[C@@H](COc2nc3c(c(N4CCN(C(=O)OCc5ccccc5)[C@@H](CC#N)C4)c2C#N)CCNC3)C1. The van der Waals surface area contributed by atoms with Gasteiger partial charge in [0.1, 0.15) is 18.2 Å². The molecule has 0 bridgehead atoms. The molecule has 4 heterocycles. The molecule has 1 N–H and O–H groups in total. The summed E-state index contributed by atoms with van der Waals surface area (Å²) in [5.41, 5.74) is 4.14. The molecule has 3 aliphatic rings. The molecule has 2 fully saturated rings. The van der Waals surface area contributed by atoms with Gasteiger partial charge in [-0.25, -0.2) is 9.78 Å². The number of ether oxygens (including phenoxy) is 2. The number of pyridine rings is 1. The Bertz CT molecular complexity index is 1260. The smallest absolute Gasteiger partial charge is 0.410 e. The summed E-state index contributed by atoms with van der Waals surface area (Å²) in [6, 6.07) is 13.8. The van der Waals surface area contributed by atoms with Gasteiger partial charge in [-0.1, -0.05) is 30.3 Å². The van der Waals surface area contributed by atoms with Crippen molar-refractivity contribution in [3.05, 3.63) is 52.7 Å². The van der Waals surface area contributed by atoms with Gasteiger partial charge in [0.2, 0.25) is 5.88 Å². The number of nitrogens with one attached hydrogen (secondary N) is 1. The van der Waals surface area contributed by atoms with Gasteiger partial charge in [0.15, 0.2) is 0 Å². The highest BCUT2D eigenvalue weighted by molar-refractivity contribution is 5.72. The first-order chi connectivity index (χ1) is 19.1. The van der Waals surface area contributed by atoms with Gasteiger partial charge in [-0.15, -0.1) is 0 Å². The summed E-state index contributed by atoms with van der Waals surface area (Å²) in [5.74, 6) is 0.789. The Morgan fingerprint density at radius 3 is 2.77 bits per heavy atom. The van der Waals surface area contributed by atoms with E-state index in [0.717, 1.165) is 55.0 Å². The monoisotopic (exact) mass is 529 g/mol. The lowest BCUT2D eigenvalue weighted by Crippen LogP contribution is -2.55. The quantitative estimate of drug-likeness (QED) is 0.578. The van der Waals surface area contributed by atoms with E-state index in [2.05, 4.69) is 34.3 Å². The van der Waals surface area contributed by atoms with Crippen LogP contribution >= 0.6 is 0 Å². The molecule has 2 saturated heterocycles. The maximum absolute atomic E-state index is 13.0. The average molecular weight is 530 g/mol. The molecule has 10 nitrogen and oxygen atoms in total. The Morgan fingerprint density at radius 2 is 2.03 bits per heavy atom. The number of aromatic nitrogens is 1. The number of likely N-dealkylation sites (tertiary alicyclic amines) is 1. The number of anilines is 1. The molecule has 1 amide bonds. The fourth-order valence-electron chi connectivity index (χ4n) is 5.76. The second-order valence-electron chi connectivity index (χ2n) is 10.5. The van der Waals surface area contributed by atoms with Crippen molar-refractivity contribution in [2.75, 3.05) is 57.8 Å². The second-order valence-corrected chi connectivity index (χ2v) is 10.5. The van der Waals surface area contributed by atoms with Crippen molar-refractivity contribution in [1.29, 1.82) is 10.5 Å². The van der Waals surface area contributed by atoms with E-state index < -0.39 is 6.09 Å². The third-order valence-corrected chi connectivity index (χ3v) is 7.79. The minimum Gasteiger partial charge on any atom is -0.476 e. The van der Waals surface area contributed by atoms with E-state index in [1.165, 1.54) is 0 Å². The van der Waals surface area contributed by atoms with Crippen LogP contribution < -0.4 is 15.0 Å². The van der Waals surface area contributed by atoms with E-state index in [0.29, 0.717) is 50.1 Å². The van der Waals surface area contributed by atoms with Crippen molar-refractivity contribution in [2.45, 2.75) is 38.5 Å². The minimum atomic E-state index is -0.425. The number of nitriles is 2. The number of carbonyl (C=O) groups excluding carboxylic acids is 1. The van der Waals surface area contributed by atoms with Gasteiger partial charge in [0, 0.05) is 44.2 Å². The van der Waals surface area contributed by atoms with Crippen molar-refractivity contribution in [2.24, 2.45) is 5.92 Å². The summed E-state index contributed by atoms with van der Waals surface area (Å²) in [4.78, 5) is 23.9.